The summed E-state index contributed by atoms with van der Waals surface area (Å²) in [7, 11) is 0. The molecule has 0 fully saturated rings. The zero-order chi connectivity index (χ0) is 13.8. The Bertz CT molecular complexity index is 630. The first-order valence-corrected chi connectivity index (χ1v) is 5.43. The van der Waals surface area contributed by atoms with Crippen LogP contribution in [0.5, 0.6) is 0 Å². The number of halogens is 2. The van der Waals surface area contributed by atoms with Gasteiger partial charge in [0.1, 0.15) is 17.6 Å². The number of rotatable bonds is 3. The lowest BCUT2D eigenvalue weighted by atomic mass is 9.92. The largest absolute Gasteiger partial charge is 0.292 e. The fourth-order valence-corrected chi connectivity index (χ4v) is 1.71. The highest BCUT2D eigenvalue weighted by molar-refractivity contribution is 6.03. The van der Waals surface area contributed by atoms with Crippen molar-refractivity contribution in [1.82, 2.24) is 4.98 Å². The molecule has 2 rings (SSSR count). The Hall–Kier alpha value is -2.61. The van der Waals surface area contributed by atoms with Gasteiger partial charge in [-0.15, -0.1) is 0 Å². The van der Waals surface area contributed by atoms with Crippen LogP contribution in [-0.2, 0) is 0 Å². The van der Waals surface area contributed by atoms with Crippen LogP contribution in [0.1, 0.15) is 21.8 Å². The summed E-state index contributed by atoms with van der Waals surface area (Å²) in [5.41, 5.74) is -0.393. The predicted molar refractivity (Wildman–Crippen MR) is 63.3 cm³/mol. The van der Waals surface area contributed by atoms with Crippen LogP contribution in [-0.4, -0.2) is 10.8 Å². The van der Waals surface area contributed by atoms with E-state index in [1.165, 1.54) is 18.5 Å². The van der Waals surface area contributed by atoms with E-state index in [9.17, 15) is 13.6 Å². The van der Waals surface area contributed by atoms with E-state index in [1.807, 2.05) is 0 Å². The van der Waals surface area contributed by atoms with Crippen molar-refractivity contribution >= 4 is 5.78 Å². The Morgan fingerprint density at radius 1 is 1.21 bits per heavy atom. The first kappa shape index (κ1) is 12.8. The Balaban J connectivity index is 2.46. The molecule has 2 aromatic rings. The summed E-state index contributed by atoms with van der Waals surface area (Å²) in [6, 6.07) is 7.93. The molecule has 0 aliphatic carbocycles. The van der Waals surface area contributed by atoms with Crippen LogP contribution in [0.2, 0.25) is 0 Å². The lowest BCUT2D eigenvalue weighted by Gasteiger charge is -2.09. The average molecular weight is 258 g/mol. The van der Waals surface area contributed by atoms with Crippen LogP contribution in [0.4, 0.5) is 8.78 Å². The molecule has 1 atom stereocenters. The van der Waals surface area contributed by atoms with Crippen molar-refractivity contribution in [2.24, 2.45) is 0 Å². The number of aromatic nitrogens is 1. The van der Waals surface area contributed by atoms with Gasteiger partial charge in [-0.05, 0) is 23.8 Å². The molecule has 1 aromatic heterocycles. The van der Waals surface area contributed by atoms with E-state index in [-0.39, 0.29) is 0 Å². The highest BCUT2D eigenvalue weighted by Gasteiger charge is 2.27. The maximum atomic E-state index is 13.5. The molecular formula is C14H8F2N2O. The molecule has 0 radical (unpaired) electrons. The van der Waals surface area contributed by atoms with Gasteiger partial charge in [-0.25, -0.2) is 8.78 Å². The maximum absolute atomic E-state index is 13.5. The number of ketones is 1. The number of carbonyl (C=O) groups excluding carboxylic acids is 1. The molecule has 0 spiro atoms. The third-order valence-electron chi connectivity index (χ3n) is 2.62. The van der Waals surface area contributed by atoms with E-state index in [0.717, 1.165) is 18.2 Å². The van der Waals surface area contributed by atoms with Gasteiger partial charge in [-0.2, -0.15) is 5.26 Å². The minimum Gasteiger partial charge on any atom is -0.292 e. The summed E-state index contributed by atoms with van der Waals surface area (Å²) < 4.78 is 27.1. The average Bonchev–Trinajstić information content (AvgIpc) is 2.40. The molecule has 1 heterocycles. The second-order valence-corrected chi connectivity index (χ2v) is 3.81. The molecule has 1 aromatic carbocycles. The van der Waals surface area contributed by atoms with E-state index in [2.05, 4.69) is 4.98 Å². The number of pyridine rings is 1. The normalized spacial score (nSPS) is 11.6. The molecule has 0 saturated carbocycles. The minimum absolute atomic E-state index is 0.303. The quantitative estimate of drug-likeness (QED) is 0.795. The van der Waals surface area contributed by atoms with Crippen molar-refractivity contribution in [2.75, 3.05) is 0 Å². The summed E-state index contributed by atoms with van der Waals surface area (Å²) >= 11 is 0. The van der Waals surface area contributed by atoms with Crippen LogP contribution < -0.4 is 0 Å². The number of nitrogens with zero attached hydrogens (tertiary/aromatic N) is 2. The topological polar surface area (TPSA) is 53.8 Å². The molecule has 0 saturated heterocycles. The fraction of sp³-hybridized carbons (Fsp3) is 0.0714. The lowest BCUT2D eigenvalue weighted by molar-refractivity contribution is 0.0970. The Morgan fingerprint density at radius 3 is 2.42 bits per heavy atom. The van der Waals surface area contributed by atoms with E-state index in [1.54, 1.807) is 12.1 Å². The monoisotopic (exact) mass is 258 g/mol. The molecule has 94 valence electrons. The standard InChI is InChI=1S/C14H8F2N2O/c15-11-4-1-5-12(16)13(11)14(19)10(7-17)9-3-2-6-18-8-9/h1-6,8,10H. The van der Waals surface area contributed by atoms with Crippen LogP contribution >= 0.6 is 0 Å². The Kier molecular flexibility index (Phi) is 3.62. The lowest BCUT2D eigenvalue weighted by Crippen LogP contribution is -2.15. The zero-order valence-corrected chi connectivity index (χ0v) is 9.68. The minimum atomic E-state index is -1.28. The molecule has 0 aliphatic rings. The van der Waals surface area contributed by atoms with Gasteiger partial charge in [0.15, 0.2) is 5.78 Å². The molecule has 0 N–H and O–H groups in total. The van der Waals surface area contributed by atoms with Crippen LogP contribution in [0, 0.1) is 23.0 Å². The van der Waals surface area contributed by atoms with Crippen LogP contribution in [0.3, 0.4) is 0 Å². The smallest absolute Gasteiger partial charge is 0.190 e. The summed E-state index contributed by atoms with van der Waals surface area (Å²) in [5.74, 6) is -4.14. The third-order valence-corrected chi connectivity index (χ3v) is 2.62. The van der Waals surface area contributed by atoms with Gasteiger partial charge in [0.25, 0.3) is 0 Å². The van der Waals surface area contributed by atoms with Crippen molar-refractivity contribution < 1.29 is 13.6 Å². The zero-order valence-electron chi connectivity index (χ0n) is 9.68. The Morgan fingerprint density at radius 2 is 1.89 bits per heavy atom. The van der Waals surface area contributed by atoms with E-state index in [4.69, 9.17) is 5.26 Å². The highest BCUT2D eigenvalue weighted by atomic mass is 19.1. The number of hydrogen-bond donors (Lipinski definition) is 0. The van der Waals surface area contributed by atoms with Crippen molar-refractivity contribution in [1.29, 1.82) is 5.26 Å². The van der Waals surface area contributed by atoms with Crippen LogP contribution in [0.15, 0.2) is 42.7 Å². The molecule has 0 aliphatic heterocycles. The first-order valence-electron chi connectivity index (χ1n) is 5.43. The van der Waals surface area contributed by atoms with E-state index >= 15 is 0 Å². The van der Waals surface area contributed by atoms with Gasteiger partial charge in [0, 0.05) is 12.4 Å². The predicted octanol–water partition coefficient (Wildman–Crippen LogP) is 2.85. The van der Waals surface area contributed by atoms with Crippen molar-refractivity contribution in [3.63, 3.8) is 0 Å². The molecule has 5 heteroatoms. The maximum Gasteiger partial charge on any atom is 0.190 e. The second-order valence-electron chi connectivity index (χ2n) is 3.81. The summed E-state index contributed by atoms with van der Waals surface area (Å²) in [5, 5.41) is 9.05. The SMILES string of the molecule is N#CC(C(=O)c1c(F)cccc1F)c1cccnc1. The van der Waals surface area contributed by atoms with Gasteiger partial charge in [-0.3, -0.25) is 9.78 Å². The number of hydrogen-bond acceptors (Lipinski definition) is 3. The third kappa shape index (κ3) is 2.47. The molecule has 0 amide bonds. The summed E-state index contributed by atoms with van der Waals surface area (Å²) in [6.07, 6.45) is 2.80. The fourth-order valence-electron chi connectivity index (χ4n) is 1.71. The summed E-state index contributed by atoms with van der Waals surface area (Å²) in [4.78, 5) is 15.9. The highest BCUT2D eigenvalue weighted by Crippen LogP contribution is 2.23. The number of nitriles is 1. The van der Waals surface area contributed by atoms with Gasteiger partial charge in [0.2, 0.25) is 0 Å². The van der Waals surface area contributed by atoms with E-state index < -0.39 is 28.9 Å². The van der Waals surface area contributed by atoms with Crippen molar-refractivity contribution in [3.05, 3.63) is 65.5 Å². The van der Waals surface area contributed by atoms with E-state index in [0.29, 0.717) is 5.56 Å². The second kappa shape index (κ2) is 5.36. The molecule has 0 bridgehead atoms. The van der Waals surface area contributed by atoms with Gasteiger partial charge in [0.05, 0.1) is 11.6 Å². The van der Waals surface area contributed by atoms with Crippen molar-refractivity contribution in [2.45, 2.75) is 5.92 Å². The Labute approximate surface area is 108 Å². The van der Waals surface area contributed by atoms with Crippen molar-refractivity contribution in [3.8, 4) is 6.07 Å². The molecular weight excluding hydrogens is 250 g/mol. The number of benzene rings is 1. The van der Waals surface area contributed by atoms with Gasteiger partial charge in [-0.1, -0.05) is 12.1 Å². The number of Topliss-reactive ketones (excluding diaryl/α,β-unsaturated/α-hetero) is 1. The first-order chi connectivity index (χ1) is 9.15. The molecule has 3 nitrogen and oxygen atoms in total. The van der Waals surface area contributed by atoms with Crippen LogP contribution in [0.25, 0.3) is 0 Å². The van der Waals surface area contributed by atoms with Gasteiger partial charge < -0.3 is 0 Å². The molecule has 1 unspecified atom stereocenters. The molecule has 19 heavy (non-hydrogen) atoms. The van der Waals surface area contributed by atoms with Gasteiger partial charge >= 0.3 is 0 Å². The summed E-state index contributed by atoms with van der Waals surface area (Å²) in [6.45, 7) is 0. The number of carbonyl (C=O) groups is 1.